The topological polar surface area (TPSA) is 259 Å². The van der Waals surface area contributed by atoms with E-state index in [4.69, 9.17) is 30.5 Å². The van der Waals surface area contributed by atoms with Gasteiger partial charge in [-0.3, -0.25) is 20.0 Å². The lowest BCUT2D eigenvalue weighted by Crippen LogP contribution is -2.33. The molecule has 2 fully saturated rings. The molecule has 2 aliphatic rings. The van der Waals surface area contributed by atoms with E-state index in [9.17, 15) is 20.4 Å². The van der Waals surface area contributed by atoms with Gasteiger partial charge in [0.1, 0.15) is 47.7 Å². The Kier molecular flexibility index (Phi) is 7.50. The molecule has 18 heteroatoms. The summed E-state index contributed by atoms with van der Waals surface area (Å²) in [5.41, 5.74) is 1.85. The van der Waals surface area contributed by atoms with Gasteiger partial charge in [0.05, 0.1) is 38.5 Å². The van der Waals surface area contributed by atoms with E-state index in [1.807, 2.05) is 0 Å². The van der Waals surface area contributed by atoms with Crippen LogP contribution in [0.15, 0.2) is 25.3 Å². The molecule has 0 bridgehead atoms. The molecule has 2 saturated heterocycles. The van der Waals surface area contributed by atoms with Crippen molar-refractivity contribution in [2.24, 2.45) is 14.1 Å². The first-order valence-corrected chi connectivity index (χ1v) is 12.2. The highest BCUT2D eigenvalue weighted by Crippen LogP contribution is 2.31. The number of nitrogens with one attached hydrogen (secondary N) is 2. The number of aryl methyl sites for hydroxylation is 2. The molecule has 0 saturated carbocycles. The number of hydrogen-bond donors (Lipinski definition) is 8. The van der Waals surface area contributed by atoms with Gasteiger partial charge in [-0.2, -0.15) is 0 Å². The average molecular weight is 563 g/mol. The molecule has 2 aliphatic heterocycles. The van der Waals surface area contributed by atoms with Crippen LogP contribution in [0.5, 0.6) is 0 Å². The minimum absolute atomic E-state index is 0.181. The van der Waals surface area contributed by atoms with E-state index >= 15 is 0 Å². The summed E-state index contributed by atoms with van der Waals surface area (Å²) in [5, 5.41) is 73.5. The second kappa shape index (κ2) is 10.7. The van der Waals surface area contributed by atoms with E-state index in [-0.39, 0.29) is 11.0 Å². The molecule has 8 atom stereocenters. The summed E-state index contributed by atoms with van der Waals surface area (Å²) < 4.78 is 16.8. The third-order valence-electron chi connectivity index (χ3n) is 6.98. The smallest absolute Gasteiger partial charge is 0.167 e. The maximum absolute atomic E-state index is 10.00. The van der Waals surface area contributed by atoms with Crippen molar-refractivity contribution in [1.29, 1.82) is 10.8 Å². The van der Waals surface area contributed by atoms with Crippen LogP contribution in [-0.2, 0) is 23.6 Å². The highest BCUT2D eigenvalue weighted by Gasteiger charge is 2.45. The Morgan fingerprint density at radius 1 is 0.650 bits per heavy atom. The lowest BCUT2D eigenvalue weighted by Gasteiger charge is -2.16. The molecule has 0 aliphatic carbocycles. The van der Waals surface area contributed by atoms with Crippen LogP contribution >= 0.6 is 0 Å². The average Bonchev–Trinajstić information content (AvgIpc) is 3.70. The van der Waals surface area contributed by atoms with Crippen molar-refractivity contribution in [3.63, 3.8) is 0 Å². The first-order chi connectivity index (χ1) is 19.1. The van der Waals surface area contributed by atoms with Crippen molar-refractivity contribution in [2.75, 3.05) is 13.2 Å². The zero-order valence-corrected chi connectivity index (χ0v) is 21.4. The molecule has 6 heterocycles. The molecule has 0 unspecified atom stereocenters. The van der Waals surface area contributed by atoms with Crippen molar-refractivity contribution in [1.82, 2.24) is 38.2 Å². The van der Waals surface area contributed by atoms with Crippen LogP contribution in [0.2, 0.25) is 0 Å². The van der Waals surface area contributed by atoms with E-state index in [2.05, 4.69) is 19.9 Å². The fourth-order valence-corrected chi connectivity index (χ4v) is 4.62. The fraction of sp³-hybridized carbons (Fsp3) is 0.545. The number of aromatic nitrogens is 8. The monoisotopic (exact) mass is 562 g/mol. The van der Waals surface area contributed by atoms with Crippen LogP contribution in [0.25, 0.3) is 22.3 Å². The van der Waals surface area contributed by atoms with E-state index in [0.29, 0.717) is 22.3 Å². The van der Waals surface area contributed by atoms with Gasteiger partial charge in [-0.15, -0.1) is 0 Å². The third-order valence-corrected chi connectivity index (χ3v) is 6.98. The SMILES string of the molecule is Cn1cnc2c(ncn2[C@@H]2O[C@H](CO)[C@@H](O)[C@H]2O)c1=N.Cn1cnc2c(ncn2[C@@H]2O[C@H](CO)[C@@H](O)[C@H]2O)c1=N. The molecule has 0 radical (unpaired) electrons. The predicted molar refractivity (Wildman–Crippen MR) is 131 cm³/mol. The molecule has 40 heavy (non-hydrogen) atoms. The Labute approximate surface area is 224 Å². The van der Waals surface area contributed by atoms with Gasteiger partial charge in [0.2, 0.25) is 0 Å². The molecule has 8 N–H and O–H groups in total. The highest BCUT2D eigenvalue weighted by molar-refractivity contribution is 5.69. The summed E-state index contributed by atoms with van der Waals surface area (Å²) in [6.07, 6.45) is -2.55. The van der Waals surface area contributed by atoms with Crippen molar-refractivity contribution in [3.8, 4) is 0 Å². The van der Waals surface area contributed by atoms with E-state index in [1.54, 1.807) is 14.1 Å². The van der Waals surface area contributed by atoms with E-state index in [0.717, 1.165) is 0 Å². The lowest BCUT2D eigenvalue weighted by molar-refractivity contribution is -0.0511. The molecular formula is C22H30N10O8. The number of imidazole rings is 2. The van der Waals surface area contributed by atoms with Gasteiger partial charge in [0.15, 0.2) is 34.7 Å². The molecule has 6 rings (SSSR count). The number of hydrogen-bond acceptors (Lipinski definition) is 14. The number of fused-ring (bicyclic) bond motifs is 2. The minimum Gasteiger partial charge on any atom is -0.394 e. The molecule has 0 spiro atoms. The van der Waals surface area contributed by atoms with Crippen molar-refractivity contribution in [3.05, 3.63) is 36.3 Å². The maximum Gasteiger partial charge on any atom is 0.167 e. The summed E-state index contributed by atoms with van der Waals surface area (Å²) in [5.74, 6) is 0. The van der Waals surface area contributed by atoms with E-state index < -0.39 is 62.3 Å². The molecule has 4 aromatic heterocycles. The van der Waals surface area contributed by atoms with Gasteiger partial charge < -0.3 is 49.2 Å². The molecule has 4 aromatic rings. The maximum atomic E-state index is 10.00. The Morgan fingerprint density at radius 2 is 1.02 bits per heavy atom. The summed E-state index contributed by atoms with van der Waals surface area (Å²) >= 11 is 0. The summed E-state index contributed by atoms with van der Waals surface area (Å²) in [6, 6.07) is 0. The van der Waals surface area contributed by atoms with Crippen molar-refractivity contribution < 1.29 is 40.1 Å². The normalized spacial score (nSPS) is 30.2. The number of aliphatic hydroxyl groups excluding tert-OH is 6. The summed E-state index contributed by atoms with van der Waals surface area (Å²) in [6.45, 7) is -0.791. The van der Waals surface area contributed by atoms with Gasteiger partial charge in [-0.05, 0) is 0 Å². The first kappa shape index (κ1) is 27.9. The van der Waals surface area contributed by atoms with Crippen LogP contribution < -0.4 is 11.0 Å². The fourth-order valence-electron chi connectivity index (χ4n) is 4.62. The second-order valence-electron chi connectivity index (χ2n) is 9.51. The summed E-state index contributed by atoms with van der Waals surface area (Å²) in [7, 11) is 3.36. The van der Waals surface area contributed by atoms with Crippen LogP contribution in [0.4, 0.5) is 0 Å². The Hall–Kier alpha value is -3.62. The Balaban J connectivity index is 0.000000161. The molecule has 18 nitrogen and oxygen atoms in total. The zero-order valence-electron chi connectivity index (χ0n) is 21.4. The first-order valence-electron chi connectivity index (χ1n) is 12.2. The number of nitrogens with zero attached hydrogens (tertiary/aromatic N) is 8. The zero-order chi connectivity index (χ0) is 28.9. The lowest BCUT2D eigenvalue weighted by atomic mass is 10.1. The van der Waals surface area contributed by atoms with Crippen molar-refractivity contribution in [2.45, 2.75) is 49.1 Å². The van der Waals surface area contributed by atoms with E-state index in [1.165, 1.54) is 43.6 Å². The second-order valence-corrected chi connectivity index (χ2v) is 9.51. The van der Waals surface area contributed by atoms with Gasteiger partial charge in [0.25, 0.3) is 0 Å². The van der Waals surface area contributed by atoms with Gasteiger partial charge in [0, 0.05) is 14.1 Å². The third kappa shape index (κ3) is 4.49. The number of rotatable bonds is 4. The van der Waals surface area contributed by atoms with Gasteiger partial charge >= 0.3 is 0 Å². The molecule has 0 amide bonds. The van der Waals surface area contributed by atoms with Crippen molar-refractivity contribution >= 4 is 22.3 Å². The molecule has 0 aromatic carbocycles. The Bertz CT molecular complexity index is 1510. The molecular weight excluding hydrogens is 532 g/mol. The number of ether oxygens (including phenoxy) is 2. The van der Waals surface area contributed by atoms with Gasteiger partial charge in [-0.25, -0.2) is 19.9 Å². The van der Waals surface area contributed by atoms with Crippen LogP contribution in [0, 0.1) is 10.8 Å². The van der Waals surface area contributed by atoms with Crippen LogP contribution in [0.1, 0.15) is 12.5 Å². The molecule has 216 valence electrons. The standard InChI is InChI=1S/2C11H15N5O4/c2*1-15-3-14-10-6(9(15)12)13-4-16(10)11-8(19)7(18)5(2-17)20-11/h2*3-5,7-8,11-12,17-19H,2H2,1H3/t2*5-,7-,8-,11-/m11/s1. The minimum atomic E-state index is -1.20. The quantitative estimate of drug-likeness (QED) is 0.118. The van der Waals surface area contributed by atoms with Gasteiger partial charge in [-0.1, -0.05) is 0 Å². The highest BCUT2D eigenvalue weighted by atomic mass is 16.6. The predicted octanol–water partition coefficient (Wildman–Crippen LogP) is -4.28. The largest absolute Gasteiger partial charge is 0.394 e. The van der Waals surface area contributed by atoms with Crippen LogP contribution in [-0.4, -0.2) is 119 Å². The van der Waals surface area contributed by atoms with Crippen LogP contribution in [0.3, 0.4) is 0 Å². The Morgan fingerprint density at radius 3 is 1.35 bits per heavy atom. The summed E-state index contributed by atoms with van der Waals surface area (Å²) in [4.78, 5) is 16.5. The number of aliphatic hydroxyl groups is 6.